The van der Waals surface area contributed by atoms with Crippen LogP contribution in [0.1, 0.15) is 16.7 Å². The van der Waals surface area contributed by atoms with Crippen molar-refractivity contribution in [2.45, 2.75) is 20.4 Å². The van der Waals surface area contributed by atoms with Gasteiger partial charge in [0.1, 0.15) is 5.75 Å². The number of nitrogens with one attached hydrogen (secondary N) is 1. The van der Waals surface area contributed by atoms with Gasteiger partial charge in [0.25, 0.3) is 0 Å². The van der Waals surface area contributed by atoms with Gasteiger partial charge in [-0.3, -0.25) is 0 Å². The predicted molar refractivity (Wildman–Crippen MR) is 79.8 cm³/mol. The molecule has 0 amide bonds. The molecule has 4 heteroatoms. The van der Waals surface area contributed by atoms with Crippen molar-refractivity contribution in [1.29, 1.82) is 0 Å². The molecule has 98 valence electrons. The number of aryl methyl sites for hydroxylation is 2. The molecule has 1 rings (SSSR count). The molecule has 1 aromatic carbocycles. The number of halogens is 1. The lowest BCUT2D eigenvalue weighted by Gasteiger charge is -2.11. The fourth-order valence-electron chi connectivity index (χ4n) is 1.87. The predicted octanol–water partition coefficient (Wildman–Crippen LogP) is 3.19. The number of methoxy groups -OCH3 is 1. The molecule has 0 bridgehead atoms. The van der Waals surface area contributed by atoms with Gasteiger partial charge in [-0.25, -0.2) is 0 Å². The lowest BCUT2D eigenvalue weighted by atomic mass is 10.1. The van der Waals surface area contributed by atoms with Crippen LogP contribution in [0.3, 0.4) is 0 Å². The Bertz CT molecular complexity index is 321. The van der Waals surface area contributed by atoms with Gasteiger partial charge in [-0.05, 0) is 36.8 Å². The van der Waals surface area contributed by atoms with Crippen molar-refractivity contribution in [2.24, 2.45) is 0 Å². The molecular formula is C13H22ClNOS. The quantitative estimate of drug-likeness (QED) is 0.806. The van der Waals surface area contributed by atoms with Crippen molar-refractivity contribution in [2.75, 3.05) is 25.7 Å². The van der Waals surface area contributed by atoms with Gasteiger partial charge in [0.05, 0.1) is 7.11 Å². The van der Waals surface area contributed by atoms with Gasteiger partial charge in [-0.1, -0.05) is 12.1 Å². The molecule has 0 aliphatic heterocycles. The summed E-state index contributed by atoms with van der Waals surface area (Å²) < 4.78 is 5.35. The zero-order chi connectivity index (χ0) is 12.0. The maximum absolute atomic E-state index is 5.35. The molecule has 1 N–H and O–H groups in total. The molecule has 0 aliphatic rings. The second-order valence-corrected chi connectivity index (χ2v) is 4.92. The van der Waals surface area contributed by atoms with Crippen LogP contribution in [0.2, 0.25) is 0 Å². The molecule has 0 radical (unpaired) electrons. The van der Waals surface area contributed by atoms with Crippen molar-refractivity contribution >= 4 is 24.2 Å². The Balaban J connectivity index is 0.00000256. The largest absolute Gasteiger partial charge is 0.496 e. The van der Waals surface area contributed by atoms with Crippen molar-refractivity contribution in [3.05, 3.63) is 28.8 Å². The third-order valence-electron chi connectivity index (χ3n) is 2.54. The van der Waals surface area contributed by atoms with Crippen LogP contribution in [-0.2, 0) is 6.54 Å². The summed E-state index contributed by atoms with van der Waals surface area (Å²) in [5.41, 5.74) is 3.75. The zero-order valence-electron chi connectivity index (χ0n) is 11.0. The van der Waals surface area contributed by atoms with E-state index in [1.54, 1.807) is 7.11 Å². The van der Waals surface area contributed by atoms with E-state index in [-0.39, 0.29) is 12.4 Å². The van der Waals surface area contributed by atoms with Crippen molar-refractivity contribution in [1.82, 2.24) is 5.32 Å². The van der Waals surface area contributed by atoms with E-state index in [1.807, 2.05) is 11.8 Å². The summed E-state index contributed by atoms with van der Waals surface area (Å²) >= 11 is 1.87. The highest BCUT2D eigenvalue weighted by molar-refractivity contribution is 7.98. The number of thioether (sulfide) groups is 1. The summed E-state index contributed by atoms with van der Waals surface area (Å²) in [6.07, 6.45) is 2.13. The van der Waals surface area contributed by atoms with Gasteiger partial charge in [0.2, 0.25) is 0 Å². The minimum atomic E-state index is 0. The number of hydrogen-bond donors (Lipinski definition) is 1. The van der Waals surface area contributed by atoms with Crippen LogP contribution < -0.4 is 10.1 Å². The van der Waals surface area contributed by atoms with E-state index in [4.69, 9.17) is 4.74 Å². The fraction of sp³-hybridized carbons (Fsp3) is 0.538. The second-order valence-electron chi connectivity index (χ2n) is 3.93. The first kappa shape index (κ1) is 16.6. The van der Waals surface area contributed by atoms with Gasteiger partial charge in [-0.15, -0.1) is 12.4 Å². The average molecular weight is 276 g/mol. The van der Waals surface area contributed by atoms with E-state index in [0.717, 1.165) is 24.6 Å². The Morgan fingerprint density at radius 3 is 2.29 bits per heavy atom. The van der Waals surface area contributed by atoms with Crippen molar-refractivity contribution in [3.63, 3.8) is 0 Å². The van der Waals surface area contributed by atoms with Crippen LogP contribution in [0.4, 0.5) is 0 Å². The van der Waals surface area contributed by atoms with E-state index in [9.17, 15) is 0 Å². The Hall–Kier alpha value is -0.380. The van der Waals surface area contributed by atoms with Crippen LogP contribution in [0.15, 0.2) is 12.1 Å². The van der Waals surface area contributed by atoms with Crippen LogP contribution in [0.25, 0.3) is 0 Å². The van der Waals surface area contributed by atoms with Gasteiger partial charge in [0.15, 0.2) is 0 Å². The molecule has 0 heterocycles. The number of rotatable bonds is 6. The lowest BCUT2D eigenvalue weighted by Crippen LogP contribution is -2.16. The van der Waals surface area contributed by atoms with Crippen LogP contribution >= 0.6 is 24.2 Å². The van der Waals surface area contributed by atoms with E-state index >= 15 is 0 Å². The smallest absolute Gasteiger partial charge is 0.124 e. The third kappa shape index (κ3) is 5.19. The highest BCUT2D eigenvalue weighted by Gasteiger charge is 2.04. The van der Waals surface area contributed by atoms with E-state index in [0.29, 0.717) is 0 Å². The molecule has 0 spiro atoms. The molecule has 0 aromatic heterocycles. The van der Waals surface area contributed by atoms with Gasteiger partial charge in [0, 0.05) is 18.8 Å². The van der Waals surface area contributed by atoms with Crippen LogP contribution in [0, 0.1) is 13.8 Å². The van der Waals surface area contributed by atoms with Crippen molar-refractivity contribution in [3.8, 4) is 5.75 Å². The Morgan fingerprint density at radius 2 is 1.82 bits per heavy atom. The summed E-state index contributed by atoms with van der Waals surface area (Å²) in [6, 6.07) is 4.38. The summed E-state index contributed by atoms with van der Waals surface area (Å²) in [6.45, 7) is 6.19. The molecule has 1 aromatic rings. The first-order valence-electron chi connectivity index (χ1n) is 5.52. The molecule has 2 nitrogen and oxygen atoms in total. The number of hydrogen-bond acceptors (Lipinski definition) is 3. The standard InChI is InChI=1S/C13H21NOS.ClH/c1-10-7-12(9-14-5-6-16-4)8-11(2)13(10)15-3;/h7-8,14H,5-6,9H2,1-4H3;1H. The highest BCUT2D eigenvalue weighted by atomic mass is 35.5. The zero-order valence-corrected chi connectivity index (χ0v) is 12.6. The van der Waals surface area contributed by atoms with Crippen LogP contribution in [-0.4, -0.2) is 25.7 Å². The van der Waals surface area contributed by atoms with E-state index < -0.39 is 0 Å². The summed E-state index contributed by atoms with van der Waals surface area (Å²) in [5, 5.41) is 3.43. The third-order valence-corrected chi connectivity index (χ3v) is 3.15. The number of benzene rings is 1. The number of ether oxygens (including phenoxy) is 1. The maximum Gasteiger partial charge on any atom is 0.124 e. The van der Waals surface area contributed by atoms with Crippen LogP contribution in [0.5, 0.6) is 5.75 Å². The van der Waals surface area contributed by atoms with Gasteiger partial charge >= 0.3 is 0 Å². The fourth-order valence-corrected chi connectivity index (χ4v) is 2.22. The molecule has 0 atom stereocenters. The molecule has 0 saturated heterocycles. The topological polar surface area (TPSA) is 21.3 Å². The molecule has 0 unspecified atom stereocenters. The molecule has 0 saturated carbocycles. The monoisotopic (exact) mass is 275 g/mol. The summed E-state index contributed by atoms with van der Waals surface area (Å²) in [5.74, 6) is 2.17. The minimum Gasteiger partial charge on any atom is -0.496 e. The highest BCUT2D eigenvalue weighted by Crippen LogP contribution is 2.24. The maximum atomic E-state index is 5.35. The first-order valence-corrected chi connectivity index (χ1v) is 6.92. The second kappa shape index (κ2) is 8.67. The SMILES string of the molecule is COc1c(C)cc(CNCCSC)cc1C.Cl. The summed E-state index contributed by atoms with van der Waals surface area (Å²) in [7, 11) is 1.73. The summed E-state index contributed by atoms with van der Waals surface area (Å²) in [4.78, 5) is 0. The minimum absolute atomic E-state index is 0. The Labute approximate surface area is 115 Å². The van der Waals surface area contributed by atoms with E-state index in [1.165, 1.54) is 16.7 Å². The molecular weight excluding hydrogens is 254 g/mol. The van der Waals surface area contributed by atoms with Gasteiger partial charge in [-0.2, -0.15) is 11.8 Å². The average Bonchev–Trinajstić information content (AvgIpc) is 2.24. The van der Waals surface area contributed by atoms with Gasteiger partial charge < -0.3 is 10.1 Å². The molecule has 0 aliphatic carbocycles. The molecule has 0 fully saturated rings. The molecule has 17 heavy (non-hydrogen) atoms. The van der Waals surface area contributed by atoms with Crippen molar-refractivity contribution < 1.29 is 4.74 Å². The normalized spacial score (nSPS) is 9.88. The Kier molecular flexibility index (Phi) is 8.48. The first-order chi connectivity index (χ1) is 7.69. The lowest BCUT2D eigenvalue weighted by molar-refractivity contribution is 0.408. The van der Waals surface area contributed by atoms with E-state index in [2.05, 4.69) is 37.6 Å². The Morgan fingerprint density at radius 1 is 1.24 bits per heavy atom.